The van der Waals surface area contributed by atoms with Crippen molar-refractivity contribution in [2.24, 2.45) is 23.2 Å². The maximum absolute atomic E-state index is 14.2. The highest BCUT2D eigenvalue weighted by atomic mass is 35.5. The van der Waals surface area contributed by atoms with Crippen molar-refractivity contribution in [1.82, 2.24) is 19.4 Å². The molecule has 7 heteroatoms. The SMILES string of the molecule is Cl.N#Cc1ccc(Cn2cncc2CN2CCN(C(=O)C34CC5CC(CC(C5)C3)C4)CCC2c2ccccc2)cc1. The topological polar surface area (TPSA) is 65.2 Å². The number of nitrogens with zero attached hydrogens (tertiary/aromatic N) is 5. The predicted octanol–water partition coefficient (Wildman–Crippen LogP) is 6.22. The summed E-state index contributed by atoms with van der Waals surface area (Å²) < 4.78 is 2.21. The Bertz CT molecular complexity index is 1360. The van der Waals surface area contributed by atoms with E-state index in [0.29, 0.717) is 11.5 Å². The first-order chi connectivity index (χ1) is 19.6. The zero-order chi connectivity index (χ0) is 27.1. The zero-order valence-corrected chi connectivity index (χ0v) is 24.5. The van der Waals surface area contributed by atoms with E-state index < -0.39 is 0 Å². The fourth-order valence-electron chi connectivity index (χ4n) is 8.84. The molecule has 1 unspecified atom stereocenters. The zero-order valence-electron chi connectivity index (χ0n) is 23.7. The highest BCUT2D eigenvalue weighted by Crippen LogP contribution is 2.60. The van der Waals surface area contributed by atoms with E-state index in [1.165, 1.54) is 30.5 Å². The molecule has 5 fully saturated rings. The number of hydrogen-bond donors (Lipinski definition) is 0. The Kier molecular flexibility index (Phi) is 7.94. The van der Waals surface area contributed by atoms with Crippen molar-refractivity contribution in [1.29, 1.82) is 5.26 Å². The molecule has 1 aromatic heterocycles. The van der Waals surface area contributed by atoms with Crippen LogP contribution in [0.15, 0.2) is 67.1 Å². The lowest BCUT2D eigenvalue weighted by Gasteiger charge is -2.56. The summed E-state index contributed by atoms with van der Waals surface area (Å²) in [4.78, 5) is 23.6. The van der Waals surface area contributed by atoms with E-state index in [1.54, 1.807) is 0 Å². The Hall–Kier alpha value is -3.14. The minimum absolute atomic E-state index is 0. The molecule has 1 amide bonds. The van der Waals surface area contributed by atoms with Gasteiger partial charge in [-0.05, 0) is 86.0 Å². The second-order valence-electron chi connectivity index (χ2n) is 13.0. The molecule has 0 radical (unpaired) electrons. The van der Waals surface area contributed by atoms with Crippen molar-refractivity contribution in [2.45, 2.75) is 64.1 Å². The molecule has 3 aromatic rings. The summed E-state index contributed by atoms with van der Waals surface area (Å²) in [5.74, 6) is 2.82. The average Bonchev–Trinajstić information content (AvgIpc) is 3.29. The first-order valence-electron chi connectivity index (χ1n) is 15.1. The molecule has 0 spiro atoms. The molecule has 8 rings (SSSR count). The van der Waals surface area contributed by atoms with Gasteiger partial charge in [0.15, 0.2) is 0 Å². The third kappa shape index (κ3) is 5.55. The summed E-state index contributed by atoms with van der Waals surface area (Å²) in [5.41, 5.74) is 4.25. The van der Waals surface area contributed by atoms with Crippen molar-refractivity contribution in [2.75, 3.05) is 19.6 Å². The second-order valence-corrected chi connectivity index (χ2v) is 13.0. The van der Waals surface area contributed by atoms with E-state index in [-0.39, 0.29) is 23.9 Å². The number of amides is 1. The fourth-order valence-corrected chi connectivity index (χ4v) is 8.84. The van der Waals surface area contributed by atoms with Crippen molar-refractivity contribution < 1.29 is 4.79 Å². The van der Waals surface area contributed by atoms with Crippen LogP contribution in [0.4, 0.5) is 0 Å². The Morgan fingerprint density at radius 3 is 2.24 bits per heavy atom. The number of imidazole rings is 1. The minimum Gasteiger partial charge on any atom is -0.341 e. The Balaban J connectivity index is 0.00000302. The standard InChI is InChI=1S/C34H39N5O.ClH/c35-20-25-6-8-26(9-7-25)22-39-24-36-21-31(39)23-38-13-12-37(11-10-32(38)30-4-2-1-3-5-30)33(40)34-17-27-14-28(18-34)16-29(15-27)19-34;/h1-9,21,24,27-29,32H,10-19,22-23H2;1H. The first kappa shape index (κ1) is 28.0. The van der Waals surface area contributed by atoms with Crippen LogP contribution in [0.3, 0.4) is 0 Å². The van der Waals surface area contributed by atoms with Crippen LogP contribution in [0.25, 0.3) is 0 Å². The van der Waals surface area contributed by atoms with Crippen molar-refractivity contribution >= 4 is 18.3 Å². The summed E-state index contributed by atoms with van der Waals surface area (Å²) in [6.07, 6.45) is 12.3. The van der Waals surface area contributed by atoms with E-state index in [2.05, 4.69) is 55.8 Å². The largest absolute Gasteiger partial charge is 0.341 e. The first-order valence-corrected chi connectivity index (χ1v) is 15.1. The number of halogens is 1. The highest BCUT2D eigenvalue weighted by Gasteiger charge is 2.55. The molecule has 1 atom stereocenters. The number of carbonyl (C=O) groups excluding carboxylic acids is 1. The molecular weight excluding hydrogens is 530 g/mol. The van der Waals surface area contributed by atoms with Gasteiger partial charge in [0.1, 0.15) is 0 Å². The molecule has 5 aliphatic rings. The van der Waals surface area contributed by atoms with Crippen molar-refractivity contribution in [3.8, 4) is 6.07 Å². The normalized spacial score (nSPS) is 29.0. The van der Waals surface area contributed by atoms with Crippen LogP contribution in [0.5, 0.6) is 0 Å². The van der Waals surface area contributed by atoms with Crippen LogP contribution in [0.2, 0.25) is 0 Å². The number of carbonyl (C=O) groups is 1. The maximum Gasteiger partial charge on any atom is 0.228 e. The molecule has 41 heavy (non-hydrogen) atoms. The van der Waals surface area contributed by atoms with Gasteiger partial charge >= 0.3 is 0 Å². The van der Waals surface area contributed by atoms with Crippen LogP contribution < -0.4 is 0 Å². The van der Waals surface area contributed by atoms with E-state index in [4.69, 9.17) is 5.26 Å². The molecule has 2 heterocycles. The molecule has 2 aromatic carbocycles. The van der Waals surface area contributed by atoms with Gasteiger partial charge < -0.3 is 9.47 Å². The summed E-state index contributed by atoms with van der Waals surface area (Å²) in [7, 11) is 0. The van der Waals surface area contributed by atoms with Gasteiger partial charge in [0.05, 0.1) is 29.1 Å². The number of hydrogen-bond acceptors (Lipinski definition) is 4. The van der Waals surface area contributed by atoms with E-state index in [9.17, 15) is 4.79 Å². The van der Waals surface area contributed by atoms with Crippen molar-refractivity contribution in [3.63, 3.8) is 0 Å². The van der Waals surface area contributed by atoms with E-state index in [0.717, 1.165) is 81.7 Å². The van der Waals surface area contributed by atoms with E-state index in [1.807, 2.05) is 36.8 Å². The molecule has 4 bridgehead atoms. The van der Waals surface area contributed by atoms with Gasteiger partial charge in [0.25, 0.3) is 0 Å². The minimum atomic E-state index is -0.0775. The highest BCUT2D eigenvalue weighted by molar-refractivity contribution is 5.85. The van der Waals surface area contributed by atoms with Gasteiger partial charge in [0, 0.05) is 45.0 Å². The number of aromatic nitrogens is 2. The number of benzene rings is 2. The molecule has 1 aliphatic heterocycles. The molecule has 6 nitrogen and oxygen atoms in total. The molecular formula is C34H40ClN5O. The molecule has 0 N–H and O–H groups in total. The Morgan fingerprint density at radius 2 is 1.59 bits per heavy atom. The lowest BCUT2D eigenvalue weighted by molar-refractivity contribution is -0.157. The van der Waals surface area contributed by atoms with E-state index >= 15 is 0 Å². The van der Waals surface area contributed by atoms with Gasteiger partial charge in [-0.2, -0.15) is 5.26 Å². The van der Waals surface area contributed by atoms with Crippen LogP contribution in [-0.2, 0) is 17.9 Å². The summed E-state index contributed by atoms with van der Waals surface area (Å²) in [6.45, 7) is 4.01. The van der Waals surface area contributed by atoms with Crippen LogP contribution >= 0.6 is 12.4 Å². The third-order valence-electron chi connectivity index (χ3n) is 10.3. The summed E-state index contributed by atoms with van der Waals surface area (Å²) in [6, 6.07) is 21.1. The summed E-state index contributed by atoms with van der Waals surface area (Å²) in [5, 5.41) is 9.14. The van der Waals surface area contributed by atoms with Gasteiger partial charge in [-0.25, -0.2) is 4.98 Å². The molecule has 4 saturated carbocycles. The van der Waals surface area contributed by atoms with Gasteiger partial charge in [0.2, 0.25) is 5.91 Å². The Labute approximate surface area is 249 Å². The van der Waals surface area contributed by atoms with Crippen LogP contribution in [0.1, 0.15) is 73.4 Å². The third-order valence-corrected chi connectivity index (χ3v) is 10.3. The molecule has 1 saturated heterocycles. The lowest BCUT2D eigenvalue weighted by atomic mass is 9.49. The maximum atomic E-state index is 14.2. The average molecular weight is 570 g/mol. The fraction of sp³-hybridized carbons (Fsp3) is 0.500. The van der Waals surface area contributed by atoms with Crippen LogP contribution in [0, 0.1) is 34.5 Å². The Morgan fingerprint density at radius 1 is 0.902 bits per heavy atom. The number of nitriles is 1. The second kappa shape index (κ2) is 11.6. The van der Waals surface area contributed by atoms with Crippen molar-refractivity contribution in [3.05, 3.63) is 89.5 Å². The smallest absolute Gasteiger partial charge is 0.228 e. The van der Waals surface area contributed by atoms with Gasteiger partial charge in [-0.3, -0.25) is 9.69 Å². The quantitative estimate of drug-likeness (QED) is 0.354. The monoisotopic (exact) mass is 569 g/mol. The summed E-state index contributed by atoms with van der Waals surface area (Å²) >= 11 is 0. The van der Waals surface area contributed by atoms with Gasteiger partial charge in [-0.1, -0.05) is 42.5 Å². The molecule has 4 aliphatic carbocycles. The molecule has 214 valence electrons. The number of rotatable bonds is 6. The predicted molar refractivity (Wildman–Crippen MR) is 161 cm³/mol. The lowest BCUT2D eigenvalue weighted by Crippen LogP contribution is -2.55. The van der Waals surface area contributed by atoms with Crippen LogP contribution in [-0.4, -0.2) is 44.9 Å². The van der Waals surface area contributed by atoms with Gasteiger partial charge in [-0.15, -0.1) is 12.4 Å².